The highest BCUT2D eigenvalue weighted by Crippen LogP contribution is 2.05. The summed E-state index contributed by atoms with van der Waals surface area (Å²) in [6.45, 7) is 0. The third kappa shape index (κ3) is 2.37. The van der Waals surface area contributed by atoms with Gasteiger partial charge < -0.3 is 0 Å². The lowest BCUT2D eigenvalue weighted by atomic mass is 10.5. The molecule has 0 radical (unpaired) electrons. The maximum absolute atomic E-state index is 10.2. The minimum atomic E-state index is 0.466. The molecule has 11 heavy (non-hydrogen) atoms. The summed E-state index contributed by atoms with van der Waals surface area (Å²) in [5.74, 6) is 6.02. The van der Waals surface area contributed by atoms with E-state index in [0.29, 0.717) is 16.5 Å². The van der Waals surface area contributed by atoms with E-state index in [1.807, 2.05) is 0 Å². The molecule has 0 aliphatic heterocycles. The Morgan fingerprint density at radius 1 is 1.82 bits per heavy atom. The van der Waals surface area contributed by atoms with Crippen LogP contribution in [0.3, 0.4) is 0 Å². The van der Waals surface area contributed by atoms with Crippen LogP contribution in [-0.2, 0) is 0 Å². The van der Waals surface area contributed by atoms with Gasteiger partial charge in [-0.3, -0.25) is 4.79 Å². The summed E-state index contributed by atoms with van der Waals surface area (Å²) in [7, 11) is 0. The zero-order valence-electron chi connectivity index (χ0n) is 5.57. The van der Waals surface area contributed by atoms with Crippen LogP contribution in [-0.4, -0.2) is 17.0 Å². The average Bonchev–Trinajstić information content (AvgIpc) is 2.48. The molecular formula is C7H5NOS2. The van der Waals surface area contributed by atoms with E-state index in [4.69, 9.17) is 0 Å². The van der Waals surface area contributed by atoms with Gasteiger partial charge in [-0.1, -0.05) is 5.92 Å². The van der Waals surface area contributed by atoms with Crippen LogP contribution in [0.15, 0.2) is 5.38 Å². The average molecular weight is 183 g/mol. The third-order valence-electron chi connectivity index (χ3n) is 0.918. The van der Waals surface area contributed by atoms with Crippen molar-refractivity contribution in [1.82, 2.24) is 4.98 Å². The number of carbonyl (C=O) groups is 1. The summed E-state index contributed by atoms with van der Waals surface area (Å²) in [5.41, 5.74) is 0.645. The molecule has 0 unspecified atom stereocenters. The van der Waals surface area contributed by atoms with Crippen LogP contribution >= 0.6 is 24.0 Å². The summed E-state index contributed by atoms with van der Waals surface area (Å²) >= 11 is 5.21. The monoisotopic (exact) mass is 183 g/mol. The SMILES string of the molecule is O=Cc1nc(C#CCS)cs1. The molecule has 0 saturated heterocycles. The summed E-state index contributed by atoms with van der Waals surface area (Å²) in [4.78, 5) is 14.1. The number of carbonyl (C=O) groups excluding carboxylic acids is 1. The van der Waals surface area contributed by atoms with Crippen LogP contribution in [0, 0.1) is 11.8 Å². The highest BCUT2D eigenvalue weighted by molar-refractivity contribution is 7.80. The highest BCUT2D eigenvalue weighted by atomic mass is 32.1. The zero-order chi connectivity index (χ0) is 8.10. The second-order valence-corrected chi connectivity index (χ2v) is 2.85. The number of aromatic nitrogens is 1. The molecule has 56 valence electrons. The van der Waals surface area contributed by atoms with Crippen molar-refractivity contribution in [1.29, 1.82) is 0 Å². The van der Waals surface area contributed by atoms with Gasteiger partial charge in [0, 0.05) is 5.38 Å². The molecule has 0 amide bonds. The molecule has 0 aliphatic carbocycles. The van der Waals surface area contributed by atoms with Gasteiger partial charge in [0.25, 0.3) is 0 Å². The molecule has 1 heterocycles. The van der Waals surface area contributed by atoms with Crippen molar-refractivity contribution < 1.29 is 4.79 Å². The highest BCUT2D eigenvalue weighted by Gasteiger charge is 1.95. The molecule has 1 rings (SSSR count). The summed E-state index contributed by atoms with van der Waals surface area (Å²) in [6.07, 6.45) is 0.719. The number of rotatable bonds is 1. The molecule has 0 fully saturated rings. The maximum atomic E-state index is 10.2. The Labute approximate surface area is 74.1 Å². The van der Waals surface area contributed by atoms with E-state index in [1.165, 1.54) is 11.3 Å². The van der Waals surface area contributed by atoms with E-state index in [9.17, 15) is 4.79 Å². The van der Waals surface area contributed by atoms with Crippen LogP contribution in [0.2, 0.25) is 0 Å². The van der Waals surface area contributed by atoms with E-state index < -0.39 is 0 Å². The molecule has 0 atom stereocenters. The van der Waals surface area contributed by atoms with E-state index in [-0.39, 0.29) is 0 Å². The fraction of sp³-hybridized carbons (Fsp3) is 0.143. The predicted molar refractivity (Wildman–Crippen MR) is 48.2 cm³/mol. The standard InChI is InChI=1S/C7H5NOS2/c9-4-7-8-6(5-11-7)2-1-3-10/h4-5,10H,3H2. The van der Waals surface area contributed by atoms with Crippen LogP contribution < -0.4 is 0 Å². The fourth-order valence-electron chi connectivity index (χ4n) is 0.529. The number of hydrogen-bond acceptors (Lipinski definition) is 4. The molecule has 4 heteroatoms. The Morgan fingerprint density at radius 2 is 2.64 bits per heavy atom. The molecule has 0 aliphatic rings. The lowest BCUT2D eigenvalue weighted by Gasteiger charge is -1.73. The van der Waals surface area contributed by atoms with Crippen LogP contribution in [0.25, 0.3) is 0 Å². The predicted octanol–water partition coefficient (Wildman–Crippen LogP) is 1.24. The van der Waals surface area contributed by atoms with Crippen molar-refractivity contribution in [3.05, 3.63) is 16.1 Å². The molecule has 0 spiro atoms. The summed E-state index contributed by atoms with van der Waals surface area (Å²) < 4.78 is 0. The fourth-order valence-corrected chi connectivity index (χ4v) is 1.16. The molecular weight excluding hydrogens is 178 g/mol. The van der Waals surface area contributed by atoms with Crippen molar-refractivity contribution in [2.24, 2.45) is 0 Å². The Morgan fingerprint density at radius 3 is 3.18 bits per heavy atom. The maximum Gasteiger partial charge on any atom is 0.178 e. The number of thiazole rings is 1. The van der Waals surface area contributed by atoms with Gasteiger partial charge in [0.05, 0.1) is 5.75 Å². The molecule has 0 aromatic carbocycles. The Balaban J connectivity index is 2.80. The normalized spacial score (nSPS) is 8.45. The van der Waals surface area contributed by atoms with Crippen molar-refractivity contribution in [2.45, 2.75) is 0 Å². The van der Waals surface area contributed by atoms with Gasteiger partial charge in [-0.05, 0) is 5.92 Å². The van der Waals surface area contributed by atoms with E-state index in [2.05, 4.69) is 29.5 Å². The smallest absolute Gasteiger partial charge is 0.178 e. The molecule has 0 saturated carbocycles. The molecule has 2 nitrogen and oxygen atoms in total. The zero-order valence-corrected chi connectivity index (χ0v) is 7.28. The topological polar surface area (TPSA) is 30.0 Å². The molecule has 1 aromatic rings. The van der Waals surface area contributed by atoms with E-state index in [1.54, 1.807) is 5.38 Å². The number of aldehydes is 1. The summed E-state index contributed by atoms with van der Waals surface area (Å²) in [5, 5.41) is 2.22. The first-order valence-electron chi connectivity index (χ1n) is 2.87. The van der Waals surface area contributed by atoms with Crippen LogP contribution in [0.1, 0.15) is 15.5 Å². The van der Waals surface area contributed by atoms with Gasteiger partial charge in [0.15, 0.2) is 11.3 Å². The van der Waals surface area contributed by atoms with Crippen molar-refractivity contribution >= 4 is 30.3 Å². The Hall–Kier alpha value is -0.790. The number of hydrogen-bond donors (Lipinski definition) is 1. The van der Waals surface area contributed by atoms with Crippen molar-refractivity contribution in [2.75, 3.05) is 5.75 Å². The minimum absolute atomic E-state index is 0.466. The molecule has 0 N–H and O–H groups in total. The quantitative estimate of drug-likeness (QED) is 0.403. The van der Waals surface area contributed by atoms with Crippen molar-refractivity contribution in [3.63, 3.8) is 0 Å². The van der Waals surface area contributed by atoms with Crippen LogP contribution in [0.4, 0.5) is 0 Å². The molecule has 0 bridgehead atoms. The minimum Gasteiger partial charge on any atom is -0.295 e. The van der Waals surface area contributed by atoms with Crippen LogP contribution in [0.5, 0.6) is 0 Å². The van der Waals surface area contributed by atoms with Gasteiger partial charge >= 0.3 is 0 Å². The van der Waals surface area contributed by atoms with Gasteiger partial charge in [-0.2, -0.15) is 12.6 Å². The second-order valence-electron chi connectivity index (χ2n) is 1.65. The third-order valence-corrected chi connectivity index (χ3v) is 1.85. The summed E-state index contributed by atoms with van der Waals surface area (Å²) in [6, 6.07) is 0. The van der Waals surface area contributed by atoms with Crippen molar-refractivity contribution in [3.8, 4) is 11.8 Å². The lowest BCUT2D eigenvalue weighted by molar-refractivity contribution is 0.112. The Bertz CT molecular complexity index is 308. The first-order valence-corrected chi connectivity index (χ1v) is 4.38. The van der Waals surface area contributed by atoms with E-state index in [0.717, 1.165) is 6.29 Å². The second kappa shape index (κ2) is 4.16. The number of nitrogens with zero attached hydrogens (tertiary/aromatic N) is 1. The van der Waals surface area contributed by atoms with Gasteiger partial charge in [0.1, 0.15) is 5.69 Å². The lowest BCUT2D eigenvalue weighted by Crippen LogP contribution is -1.77. The molecule has 1 aromatic heterocycles. The first kappa shape index (κ1) is 8.31. The number of thiol groups is 1. The Kier molecular flexibility index (Phi) is 3.14. The van der Waals surface area contributed by atoms with E-state index >= 15 is 0 Å². The van der Waals surface area contributed by atoms with Gasteiger partial charge in [0.2, 0.25) is 0 Å². The largest absolute Gasteiger partial charge is 0.295 e. The van der Waals surface area contributed by atoms with Gasteiger partial charge in [-0.25, -0.2) is 4.98 Å². The first-order chi connectivity index (χ1) is 5.36. The van der Waals surface area contributed by atoms with Gasteiger partial charge in [-0.15, -0.1) is 11.3 Å².